The van der Waals surface area contributed by atoms with Crippen molar-refractivity contribution in [1.82, 2.24) is 4.90 Å². The van der Waals surface area contributed by atoms with Crippen LogP contribution >= 0.6 is 0 Å². The Kier molecular flexibility index (Phi) is 6.23. The maximum atomic E-state index is 13.2. The van der Waals surface area contributed by atoms with E-state index in [9.17, 15) is 4.39 Å². The molecule has 0 bridgehead atoms. The van der Waals surface area contributed by atoms with Crippen LogP contribution in [0.4, 0.5) is 10.1 Å². The minimum atomic E-state index is -0.204. The molecule has 0 atom stereocenters. The number of ether oxygens (including phenoxy) is 1. The van der Waals surface area contributed by atoms with Crippen LogP contribution in [-0.2, 0) is 10.2 Å². The Labute approximate surface area is 178 Å². The zero-order chi connectivity index (χ0) is 21.0. The van der Waals surface area contributed by atoms with Crippen LogP contribution in [0.2, 0.25) is 0 Å². The molecule has 160 valence electrons. The molecule has 2 saturated heterocycles. The Morgan fingerprint density at radius 2 is 1.70 bits per heavy atom. The second kappa shape index (κ2) is 9.04. The lowest BCUT2D eigenvalue weighted by molar-refractivity contribution is 0.0528. The predicted octanol–water partition coefficient (Wildman–Crippen LogP) is 3.32. The predicted molar refractivity (Wildman–Crippen MR) is 120 cm³/mol. The molecule has 2 aliphatic rings. The van der Waals surface area contributed by atoms with Crippen molar-refractivity contribution in [2.24, 2.45) is 10.7 Å². The van der Waals surface area contributed by atoms with Gasteiger partial charge < -0.3 is 20.3 Å². The second-order valence-corrected chi connectivity index (χ2v) is 8.33. The molecule has 0 saturated carbocycles. The van der Waals surface area contributed by atoms with Crippen molar-refractivity contribution in [3.05, 3.63) is 65.5 Å². The molecular weight excluding hydrogens is 379 g/mol. The van der Waals surface area contributed by atoms with Gasteiger partial charge in [-0.1, -0.05) is 24.3 Å². The van der Waals surface area contributed by atoms with Gasteiger partial charge in [0, 0.05) is 50.5 Å². The molecule has 30 heavy (non-hydrogen) atoms. The Morgan fingerprint density at radius 1 is 1.03 bits per heavy atom. The van der Waals surface area contributed by atoms with E-state index < -0.39 is 0 Å². The average molecular weight is 411 g/mol. The molecule has 2 N–H and O–H groups in total. The van der Waals surface area contributed by atoms with Crippen LogP contribution in [0.25, 0.3) is 0 Å². The van der Waals surface area contributed by atoms with Gasteiger partial charge in [0.25, 0.3) is 0 Å². The topological polar surface area (TPSA) is 54.1 Å². The minimum Gasteiger partial charge on any atom is -0.381 e. The lowest BCUT2D eigenvalue weighted by atomic mass is 9.72. The van der Waals surface area contributed by atoms with Crippen molar-refractivity contribution >= 4 is 11.6 Å². The average Bonchev–Trinajstić information content (AvgIpc) is 2.79. The Hall–Kier alpha value is -2.60. The highest BCUT2D eigenvalue weighted by molar-refractivity contribution is 5.78. The molecule has 2 heterocycles. The number of hydrogen-bond acceptors (Lipinski definition) is 3. The maximum absolute atomic E-state index is 13.2. The standard InChI is InChI=1S/C24H31FN4O/c1-19-4-2-3-5-22(19)24(10-16-30-17-11-24)18-27-23(26)29-14-12-28(13-15-29)21-8-6-20(25)7-9-21/h2-9H,10-18H2,1H3,(H2,26,27). The van der Waals surface area contributed by atoms with Crippen molar-refractivity contribution in [2.45, 2.75) is 25.2 Å². The Bertz CT molecular complexity index is 869. The number of aliphatic imine (C=N–C) groups is 1. The van der Waals surface area contributed by atoms with Gasteiger partial charge in [0.05, 0.1) is 6.54 Å². The molecule has 5 nitrogen and oxygen atoms in total. The lowest BCUT2D eigenvalue weighted by Gasteiger charge is -2.39. The fraction of sp³-hybridized carbons (Fsp3) is 0.458. The first kappa shape index (κ1) is 20.7. The molecule has 6 heteroatoms. The van der Waals surface area contributed by atoms with E-state index in [-0.39, 0.29) is 11.2 Å². The summed E-state index contributed by atoms with van der Waals surface area (Å²) in [6.45, 7) is 7.71. The number of benzene rings is 2. The lowest BCUT2D eigenvalue weighted by Crippen LogP contribution is -2.51. The van der Waals surface area contributed by atoms with Crippen molar-refractivity contribution < 1.29 is 9.13 Å². The summed E-state index contributed by atoms with van der Waals surface area (Å²) >= 11 is 0. The van der Waals surface area contributed by atoms with Gasteiger partial charge in [-0.2, -0.15) is 0 Å². The van der Waals surface area contributed by atoms with Crippen LogP contribution in [0, 0.1) is 12.7 Å². The van der Waals surface area contributed by atoms with E-state index in [1.165, 1.54) is 23.3 Å². The van der Waals surface area contributed by atoms with E-state index in [1.807, 2.05) is 12.1 Å². The Balaban J connectivity index is 1.43. The zero-order valence-corrected chi connectivity index (χ0v) is 17.7. The molecule has 0 radical (unpaired) electrons. The molecule has 0 spiro atoms. The van der Waals surface area contributed by atoms with Gasteiger partial charge in [-0.3, -0.25) is 4.99 Å². The summed E-state index contributed by atoms with van der Waals surface area (Å²) in [5.41, 5.74) is 10.1. The van der Waals surface area contributed by atoms with Gasteiger partial charge in [0.1, 0.15) is 5.82 Å². The summed E-state index contributed by atoms with van der Waals surface area (Å²) in [6, 6.07) is 15.3. The number of guanidine groups is 1. The van der Waals surface area contributed by atoms with E-state index in [2.05, 4.69) is 41.0 Å². The van der Waals surface area contributed by atoms with Gasteiger partial charge in [0.2, 0.25) is 0 Å². The quantitative estimate of drug-likeness (QED) is 0.621. The Morgan fingerprint density at radius 3 is 2.37 bits per heavy atom. The summed E-state index contributed by atoms with van der Waals surface area (Å²) in [5.74, 6) is 0.415. The first-order chi connectivity index (χ1) is 14.6. The normalized spacial score (nSPS) is 19.7. The van der Waals surface area contributed by atoms with E-state index in [1.54, 1.807) is 0 Å². The summed E-state index contributed by atoms with van der Waals surface area (Å²) < 4.78 is 18.8. The van der Waals surface area contributed by atoms with E-state index in [0.29, 0.717) is 12.5 Å². The third-order valence-electron chi connectivity index (χ3n) is 6.51. The number of rotatable bonds is 4. The van der Waals surface area contributed by atoms with Crippen LogP contribution in [-0.4, -0.2) is 56.8 Å². The van der Waals surface area contributed by atoms with Crippen LogP contribution in [0.15, 0.2) is 53.5 Å². The summed E-state index contributed by atoms with van der Waals surface area (Å²) in [5, 5.41) is 0. The fourth-order valence-electron chi connectivity index (χ4n) is 4.62. The van der Waals surface area contributed by atoms with E-state index in [4.69, 9.17) is 15.5 Å². The minimum absolute atomic E-state index is 0.00977. The molecule has 2 fully saturated rings. The number of halogens is 1. The molecule has 2 aliphatic heterocycles. The highest BCUT2D eigenvalue weighted by atomic mass is 19.1. The molecule has 0 aromatic heterocycles. The van der Waals surface area contributed by atoms with E-state index in [0.717, 1.165) is 57.9 Å². The number of hydrogen-bond donors (Lipinski definition) is 1. The van der Waals surface area contributed by atoms with Gasteiger partial charge >= 0.3 is 0 Å². The van der Waals surface area contributed by atoms with Crippen LogP contribution in [0.1, 0.15) is 24.0 Å². The third kappa shape index (κ3) is 4.43. The maximum Gasteiger partial charge on any atom is 0.191 e. The molecular formula is C24H31FN4O. The molecule has 0 aliphatic carbocycles. The molecule has 0 amide bonds. The summed E-state index contributed by atoms with van der Waals surface area (Å²) in [4.78, 5) is 9.29. The number of nitrogens with zero attached hydrogens (tertiary/aromatic N) is 3. The van der Waals surface area contributed by atoms with Crippen molar-refractivity contribution in [3.8, 4) is 0 Å². The van der Waals surface area contributed by atoms with E-state index >= 15 is 0 Å². The summed E-state index contributed by atoms with van der Waals surface area (Å²) in [7, 11) is 0. The first-order valence-electron chi connectivity index (χ1n) is 10.8. The van der Waals surface area contributed by atoms with Crippen LogP contribution < -0.4 is 10.6 Å². The number of anilines is 1. The van der Waals surface area contributed by atoms with Gasteiger partial charge in [-0.15, -0.1) is 0 Å². The molecule has 2 aromatic rings. The highest BCUT2D eigenvalue weighted by Gasteiger charge is 2.35. The molecule has 4 rings (SSSR count). The van der Waals surface area contributed by atoms with Crippen molar-refractivity contribution in [3.63, 3.8) is 0 Å². The SMILES string of the molecule is Cc1ccccc1C1(CN=C(N)N2CCN(c3ccc(F)cc3)CC2)CCOCC1. The van der Waals surface area contributed by atoms with Gasteiger partial charge in [-0.05, 0) is 55.2 Å². The van der Waals surface area contributed by atoms with Crippen LogP contribution in [0.3, 0.4) is 0 Å². The number of nitrogens with two attached hydrogens (primary N) is 1. The van der Waals surface area contributed by atoms with Crippen molar-refractivity contribution in [1.29, 1.82) is 0 Å². The zero-order valence-electron chi connectivity index (χ0n) is 17.7. The third-order valence-corrected chi connectivity index (χ3v) is 6.51. The highest BCUT2D eigenvalue weighted by Crippen LogP contribution is 2.37. The smallest absolute Gasteiger partial charge is 0.191 e. The first-order valence-corrected chi connectivity index (χ1v) is 10.8. The molecule has 0 unspecified atom stereocenters. The largest absolute Gasteiger partial charge is 0.381 e. The van der Waals surface area contributed by atoms with Crippen molar-refractivity contribution in [2.75, 3.05) is 50.8 Å². The molecule has 2 aromatic carbocycles. The fourth-order valence-corrected chi connectivity index (χ4v) is 4.62. The van der Waals surface area contributed by atoms with Crippen LogP contribution in [0.5, 0.6) is 0 Å². The number of piperazine rings is 1. The second-order valence-electron chi connectivity index (χ2n) is 8.33. The number of aryl methyl sites for hydroxylation is 1. The monoisotopic (exact) mass is 410 g/mol. The summed E-state index contributed by atoms with van der Waals surface area (Å²) in [6.07, 6.45) is 1.93. The van der Waals surface area contributed by atoms with Gasteiger partial charge in [-0.25, -0.2) is 4.39 Å². The van der Waals surface area contributed by atoms with Gasteiger partial charge in [0.15, 0.2) is 5.96 Å².